The van der Waals surface area contributed by atoms with E-state index in [0.29, 0.717) is 19.5 Å². The third-order valence-corrected chi connectivity index (χ3v) is 3.56. The standard InChI is InChI=1S/C14H26N2O4/c1-2-3-11(15)10-13(17)16-7-4-12(5-8-16)20-9-6-14(18)19/h11-12H,2-10,15H2,1H3,(H,18,19). The van der Waals surface area contributed by atoms with Gasteiger partial charge in [-0.15, -0.1) is 0 Å². The maximum Gasteiger partial charge on any atom is 0.305 e. The van der Waals surface area contributed by atoms with Crippen LogP contribution in [0.3, 0.4) is 0 Å². The lowest BCUT2D eigenvalue weighted by molar-refractivity contribution is -0.139. The van der Waals surface area contributed by atoms with Crippen molar-refractivity contribution in [2.24, 2.45) is 5.73 Å². The van der Waals surface area contributed by atoms with Gasteiger partial charge in [0.05, 0.1) is 19.1 Å². The zero-order valence-corrected chi connectivity index (χ0v) is 12.2. The number of aliphatic carboxylic acids is 1. The lowest BCUT2D eigenvalue weighted by atomic mass is 10.0. The number of nitrogens with zero attached hydrogens (tertiary/aromatic N) is 1. The van der Waals surface area contributed by atoms with Crippen LogP contribution in [0.15, 0.2) is 0 Å². The fraction of sp³-hybridized carbons (Fsp3) is 0.857. The molecule has 0 aromatic heterocycles. The van der Waals surface area contributed by atoms with Crippen molar-refractivity contribution >= 4 is 11.9 Å². The van der Waals surface area contributed by atoms with Crippen molar-refractivity contribution in [3.8, 4) is 0 Å². The molecule has 1 fully saturated rings. The first kappa shape index (κ1) is 16.9. The van der Waals surface area contributed by atoms with Crippen LogP contribution in [0.4, 0.5) is 0 Å². The second-order valence-corrected chi connectivity index (χ2v) is 5.35. The number of amides is 1. The first-order valence-electron chi connectivity index (χ1n) is 7.39. The lowest BCUT2D eigenvalue weighted by Gasteiger charge is -2.32. The number of ether oxygens (including phenoxy) is 1. The van der Waals surface area contributed by atoms with Crippen molar-refractivity contribution < 1.29 is 19.4 Å². The summed E-state index contributed by atoms with van der Waals surface area (Å²) < 4.78 is 5.50. The Morgan fingerprint density at radius 1 is 1.40 bits per heavy atom. The van der Waals surface area contributed by atoms with E-state index in [-0.39, 0.29) is 31.1 Å². The molecule has 20 heavy (non-hydrogen) atoms. The average molecular weight is 286 g/mol. The van der Waals surface area contributed by atoms with Gasteiger partial charge in [0, 0.05) is 25.6 Å². The summed E-state index contributed by atoms with van der Waals surface area (Å²) in [7, 11) is 0. The van der Waals surface area contributed by atoms with E-state index in [1.165, 1.54) is 0 Å². The summed E-state index contributed by atoms with van der Waals surface area (Å²) in [5, 5.41) is 8.54. The molecule has 1 unspecified atom stereocenters. The molecular formula is C14H26N2O4. The predicted molar refractivity (Wildman–Crippen MR) is 75.3 cm³/mol. The third kappa shape index (κ3) is 6.34. The molecule has 0 saturated carbocycles. The molecule has 6 nitrogen and oxygen atoms in total. The molecule has 1 amide bonds. The molecule has 116 valence electrons. The molecule has 3 N–H and O–H groups in total. The van der Waals surface area contributed by atoms with Crippen molar-refractivity contribution in [3.63, 3.8) is 0 Å². The monoisotopic (exact) mass is 286 g/mol. The maximum atomic E-state index is 12.0. The van der Waals surface area contributed by atoms with E-state index in [0.717, 1.165) is 25.7 Å². The number of nitrogens with two attached hydrogens (primary N) is 1. The van der Waals surface area contributed by atoms with Crippen LogP contribution in [0.5, 0.6) is 0 Å². The molecular weight excluding hydrogens is 260 g/mol. The molecule has 1 aliphatic rings. The van der Waals surface area contributed by atoms with Gasteiger partial charge in [-0.05, 0) is 19.3 Å². The van der Waals surface area contributed by atoms with E-state index in [1.807, 2.05) is 4.90 Å². The van der Waals surface area contributed by atoms with Gasteiger partial charge in [-0.2, -0.15) is 0 Å². The fourth-order valence-electron chi connectivity index (χ4n) is 2.41. The minimum Gasteiger partial charge on any atom is -0.481 e. The summed E-state index contributed by atoms with van der Waals surface area (Å²) in [4.78, 5) is 24.3. The number of rotatable bonds is 8. The summed E-state index contributed by atoms with van der Waals surface area (Å²) >= 11 is 0. The molecule has 0 aliphatic carbocycles. The smallest absolute Gasteiger partial charge is 0.305 e. The van der Waals surface area contributed by atoms with Crippen molar-refractivity contribution in [3.05, 3.63) is 0 Å². The Kier molecular flexibility index (Phi) is 7.54. The number of piperidine rings is 1. The Balaban J connectivity index is 2.20. The van der Waals surface area contributed by atoms with E-state index in [4.69, 9.17) is 15.6 Å². The third-order valence-electron chi connectivity index (χ3n) is 3.56. The number of hydrogen-bond donors (Lipinski definition) is 2. The van der Waals surface area contributed by atoms with Crippen LogP contribution in [0.25, 0.3) is 0 Å². The minimum atomic E-state index is -0.845. The van der Waals surface area contributed by atoms with Crippen LogP contribution in [0.1, 0.15) is 45.4 Å². The highest BCUT2D eigenvalue weighted by Crippen LogP contribution is 2.15. The quantitative estimate of drug-likeness (QED) is 0.694. The van der Waals surface area contributed by atoms with E-state index in [2.05, 4.69) is 6.92 Å². The number of carbonyl (C=O) groups excluding carboxylic acids is 1. The molecule has 1 saturated heterocycles. The molecule has 1 heterocycles. The second-order valence-electron chi connectivity index (χ2n) is 5.35. The number of carboxylic acid groups (broad SMARTS) is 1. The lowest BCUT2D eigenvalue weighted by Crippen LogP contribution is -2.43. The summed E-state index contributed by atoms with van der Waals surface area (Å²) in [6.07, 6.45) is 3.93. The van der Waals surface area contributed by atoms with Crippen LogP contribution in [-0.4, -0.2) is 53.7 Å². The Morgan fingerprint density at radius 2 is 2.05 bits per heavy atom. The van der Waals surface area contributed by atoms with Gasteiger partial charge < -0.3 is 20.5 Å². The molecule has 0 radical (unpaired) electrons. The predicted octanol–water partition coefficient (Wildman–Crippen LogP) is 0.986. The van der Waals surface area contributed by atoms with Crippen molar-refractivity contribution in [2.45, 2.75) is 57.6 Å². The van der Waals surface area contributed by atoms with Crippen molar-refractivity contribution in [2.75, 3.05) is 19.7 Å². The van der Waals surface area contributed by atoms with E-state index < -0.39 is 5.97 Å². The van der Waals surface area contributed by atoms with Gasteiger partial charge in [0.2, 0.25) is 5.91 Å². The summed E-state index contributed by atoms with van der Waals surface area (Å²) in [6.45, 7) is 3.66. The SMILES string of the molecule is CCCC(N)CC(=O)N1CCC(OCCC(=O)O)CC1. The number of hydrogen-bond acceptors (Lipinski definition) is 4. The number of carbonyl (C=O) groups is 2. The molecule has 1 rings (SSSR count). The summed E-state index contributed by atoms with van der Waals surface area (Å²) in [5.41, 5.74) is 5.89. The molecule has 0 spiro atoms. The Bertz CT molecular complexity index is 314. The van der Waals surface area contributed by atoms with Crippen molar-refractivity contribution in [1.29, 1.82) is 0 Å². The maximum absolute atomic E-state index is 12.0. The van der Waals surface area contributed by atoms with Gasteiger partial charge in [-0.1, -0.05) is 13.3 Å². The Labute approximate surface area is 120 Å². The zero-order valence-electron chi connectivity index (χ0n) is 12.2. The molecule has 1 aliphatic heterocycles. The van der Waals surface area contributed by atoms with E-state index >= 15 is 0 Å². The zero-order chi connectivity index (χ0) is 15.0. The van der Waals surface area contributed by atoms with Gasteiger partial charge in [0.1, 0.15) is 0 Å². The van der Waals surface area contributed by atoms with Crippen LogP contribution in [0, 0.1) is 0 Å². The second kappa shape index (κ2) is 8.92. The van der Waals surface area contributed by atoms with Gasteiger partial charge in [0.15, 0.2) is 0 Å². The Morgan fingerprint density at radius 3 is 2.60 bits per heavy atom. The number of carboxylic acids is 1. The van der Waals surface area contributed by atoms with Crippen LogP contribution in [0.2, 0.25) is 0 Å². The topological polar surface area (TPSA) is 92.9 Å². The fourth-order valence-corrected chi connectivity index (χ4v) is 2.41. The first-order chi connectivity index (χ1) is 9.52. The number of likely N-dealkylation sites (tertiary alicyclic amines) is 1. The molecule has 0 aromatic carbocycles. The van der Waals surface area contributed by atoms with Gasteiger partial charge in [0.25, 0.3) is 0 Å². The first-order valence-corrected chi connectivity index (χ1v) is 7.39. The molecule has 0 bridgehead atoms. The van der Waals surface area contributed by atoms with Crippen LogP contribution >= 0.6 is 0 Å². The summed E-state index contributed by atoms with van der Waals surface area (Å²) in [5.74, 6) is -0.725. The van der Waals surface area contributed by atoms with Gasteiger partial charge >= 0.3 is 5.97 Å². The highest BCUT2D eigenvalue weighted by molar-refractivity contribution is 5.76. The average Bonchev–Trinajstić information content (AvgIpc) is 2.39. The highest BCUT2D eigenvalue weighted by Gasteiger charge is 2.24. The van der Waals surface area contributed by atoms with Crippen LogP contribution < -0.4 is 5.73 Å². The van der Waals surface area contributed by atoms with Crippen molar-refractivity contribution in [1.82, 2.24) is 4.90 Å². The minimum absolute atomic E-state index is 0.0328. The molecule has 0 aromatic rings. The van der Waals surface area contributed by atoms with Crippen LogP contribution in [-0.2, 0) is 14.3 Å². The largest absolute Gasteiger partial charge is 0.481 e. The molecule has 6 heteroatoms. The van der Waals surface area contributed by atoms with Gasteiger partial charge in [-0.3, -0.25) is 9.59 Å². The van der Waals surface area contributed by atoms with E-state index in [1.54, 1.807) is 0 Å². The van der Waals surface area contributed by atoms with Gasteiger partial charge in [-0.25, -0.2) is 0 Å². The normalized spacial score (nSPS) is 18.0. The molecule has 1 atom stereocenters. The van der Waals surface area contributed by atoms with E-state index in [9.17, 15) is 9.59 Å². The summed E-state index contributed by atoms with van der Waals surface area (Å²) in [6, 6.07) is -0.0444. The highest BCUT2D eigenvalue weighted by atomic mass is 16.5. The Hall–Kier alpha value is -1.14.